The number of nitrogens with two attached hydrogens (primary N) is 1. The Labute approximate surface area is 128 Å². The van der Waals surface area contributed by atoms with Crippen molar-refractivity contribution >= 4 is 23.4 Å². The first-order valence-electron chi connectivity index (χ1n) is 6.21. The van der Waals surface area contributed by atoms with Crippen molar-refractivity contribution in [3.63, 3.8) is 0 Å². The highest BCUT2D eigenvalue weighted by Crippen LogP contribution is 2.27. The Bertz CT molecular complexity index is 548. The molecule has 1 unspecified atom stereocenters. The van der Waals surface area contributed by atoms with E-state index in [1.807, 2.05) is 48.5 Å². The van der Waals surface area contributed by atoms with Crippen LogP contribution in [0.5, 0.6) is 5.75 Å². The van der Waals surface area contributed by atoms with Crippen LogP contribution in [0.15, 0.2) is 53.4 Å². The predicted octanol–water partition coefficient (Wildman–Crippen LogP) is 3.65. The molecule has 3 N–H and O–H groups in total. The Morgan fingerprint density at radius 2 is 2.00 bits per heavy atom. The third-order valence-corrected chi connectivity index (χ3v) is 4.25. The summed E-state index contributed by atoms with van der Waals surface area (Å²) in [4.78, 5) is 1.13. The van der Waals surface area contributed by atoms with Crippen molar-refractivity contribution < 1.29 is 4.74 Å². The van der Waals surface area contributed by atoms with E-state index in [2.05, 4.69) is 5.43 Å². The zero-order chi connectivity index (χ0) is 14.4. The Morgan fingerprint density at radius 1 is 1.25 bits per heavy atom. The SMILES string of the molecule is COc1ccc(C(CSc2cccc(Cl)c2)NN)cc1. The third-order valence-electron chi connectivity index (χ3n) is 2.93. The maximum Gasteiger partial charge on any atom is 0.118 e. The number of nitrogens with one attached hydrogen (secondary N) is 1. The average molecular weight is 309 g/mol. The van der Waals surface area contributed by atoms with Crippen molar-refractivity contribution in [3.8, 4) is 5.75 Å². The van der Waals surface area contributed by atoms with Gasteiger partial charge in [0.15, 0.2) is 0 Å². The number of hydrogen-bond donors (Lipinski definition) is 2. The van der Waals surface area contributed by atoms with Gasteiger partial charge in [-0.1, -0.05) is 29.8 Å². The molecule has 3 nitrogen and oxygen atoms in total. The van der Waals surface area contributed by atoms with E-state index in [4.69, 9.17) is 22.2 Å². The molecule has 2 aromatic rings. The topological polar surface area (TPSA) is 47.3 Å². The van der Waals surface area contributed by atoms with Crippen LogP contribution in [0, 0.1) is 0 Å². The van der Waals surface area contributed by atoms with E-state index in [1.54, 1.807) is 18.9 Å². The van der Waals surface area contributed by atoms with Gasteiger partial charge in [0.1, 0.15) is 5.75 Å². The van der Waals surface area contributed by atoms with Crippen LogP contribution in [-0.2, 0) is 0 Å². The van der Waals surface area contributed by atoms with Gasteiger partial charge in [0, 0.05) is 15.7 Å². The molecular weight excluding hydrogens is 292 g/mol. The molecule has 0 aliphatic carbocycles. The van der Waals surface area contributed by atoms with Gasteiger partial charge in [-0.3, -0.25) is 11.3 Å². The summed E-state index contributed by atoms with van der Waals surface area (Å²) in [6.07, 6.45) is 0. The minimum Gasteiger partial charge on any atom is -0.497 e. The molecule has 0 saturated heterocycles. The fourth-order valence-corrected chi connectivity index (χ4v) is 3.10. The molecule has 0 aliphatic heterocycles. The fourth-order valence-electron chi connectivity index (χ4n) is 1.81. The summed E-state index contributed by atoms with van der Waals surface area (Å²) in [6, 6.07) is 15.8. The van der Waals surface area contributed by atoms with Gasteiger partial charge in [-0.2, -0.15) is 0 Å². The van der Waals surface area contributed by atoms with Gasteiger partial charge in [-0.25, -0.2) is 0 Å². The maximum atomic E-state index is 5.98. The number of methoxy groups -OCH3 is 1. The first kappa shape index (κ1) is 15.2. The Morgan fingerprint density at radius 3 is 2.60 bits per heavy atom. The van der Waals surface area contributed by atoms with Crippen LogP contribution in [0.25, 0.3) is 0 Å². The average Bonchev–Trinajstić information content (AvgIpc) is 2.48. The summed E-state index contributed by atoms with van der Waals surface area (Å²) in [6.45, 7) is 0. The molecule has 0 saturated carbocycles. The second-order valence-electron chi connectivity index (χ2n) is 4.26. The van der Waals surface area contributed by atoms with Crippen LogP contribution >= 0.6 is 23.4 Å². The molecule has 0 bridgehead atoms. The number of rotatable bonds is 6. The minimum absolute atomic E-state index is 0.0740. The highest BCUT2D eigenvalue weighted by molar-refractivity contribution is 7.99. The van der Waals surface area contributed by atoms with Crippen molar-refractivity contribution in [1.82, 2.24) is 5.43 Å². The first-order chi connectivity index (χ1) is 9.72. The van der Waals surface area contributed by atoms with E-state index in [-0.39, 0.29) is 6.04 Å². The lowest BCUT2D eigenvalue weighted by atomic mass is 10.1. The van der Waals surface area contributed by atoms with Gasteiger partial charge >= 0.3 is 0 Å². The van der Waals surface area contributed by atoms with E-state index in [1.165, 1.54) is 0 Å². The van der Waals surface area contributed by atoms with Crippen LogP contribution in [-0.4, -0.2) is 12.9 Å². The molecule has 0 radical (unpaired) electrons. The fraction of sp³-hybridized carbons (Fsp3) is 0.200. The molecule has 0 spiro atoms. The largest absolute Gasteiger partial charge is 0.497 e. The highest BCUT2D eigenvalue weighted by atomic mass is 35.5. The summed E-state index contributed by atoms with van der Waals surface area (Å²) in [5, 5.41) is 0.747. The summed E-state index contributed by atoms with van der Waals surface area (Å²) < 4.78 is 5.15. The molecule has 20 heavy (non-hydrogen) atoms. The number of hydrazine groups is 1. The lowest BCUT2D eigenvalue weighted by Crippen LogP contribution is -2.29. The van der Waals surface area contributed by atoms with Crippen molar-refractivity contribution in [3.05, 3.63) is 59.1 Å². The maximum absolute atomic E-state index is 5.98. The molecule has 0 heterocycles. The molecule has 0 aliphatic rings. The standard InChI is InChI=1S/C15H17ClN2OS/c1-19-13-7-5-11(6-8-13)15(18-17)10-20-14-4-2-3-12(16)9-14/h2-9,15,18H,10,17H2,1H3. The Balaban J connectivity index is 2.01. The predicted molar refractivity (Wildman–Crippen MR) is 85.2 cm³/mol. The van der Waals surface area contributed by atoms with Crippen molar-refractivity contribution in [1.29, 1.82) is 0 Å². The summed E-state index contributed by atoms with van der Waals surface area (Å²) in [5.41, 5.74) is 3.97. The molecule has 2 aromatic carbocycles. The Hall–Kier alpha value is -1.20. The number of thioether (sulfide) groups is 1. The molecule has 106 valence electrons. The summed E-state index contributed by atoms with van der Waals surface area (Å²) in [7, 11) is 1.66. The second-order valence-corrected chi connectivity index (χ2v) is 5.79. The van der Waals surface area contributed by atoms with Gasteiger partial charge in [-0.05, 0) is 35.9 Å². The van der Waals surface area contributed by atoms with Crippen LogP contribution in [0.2, 0.25) is 5.02 Å². The van der Waals surface area contributed by atoms with Crippen molar-refractivity contribution in [2.45, 2.75) is 10.9 Å². The number of ether oxygens (including phenoxy) is 1. The normalized spacial score (nSPS) is 12.2. The van der Waals surface area contributed by atoms with E-state index in [0.29, 0.717) is 0 Å². The molecule has 0 fully saturated rings. The van der Waals surface area contributed by atoms with Crippen LogP contribution in [0.1, 0.15) is 11.6 Å². The van der Waals surface area contributed by atoms with Crippen LogP contribution in [0.3, 0.4) is 0 Å². The lowest BCUT2D eigenvalue weighted by Gasteiger charge is -2.16. The van der Waals surface area contributed by atoms with Gasteiger partial charge in [0.25, 0.3) is 0 Å². The van der Waals surface area contributed by atoms with Gasteiger partial charge in [-0.15, -0.1) is 11.8 Å². The quantitative estimate of drug-likeness (QED) is 0.486. The van der Waals surface area contributed by atoms with Gasteiger partial charge in [0.2, 0.25) is 0 Å². The first-order valence-corrected chi connectivity index (χ1v) is 7.57. The molecule has 5 heteroatoms. The number of halogens is 1. The monoisotopic (exact) mass is 308 g/mol. The van der Waals surface area contributed by atoms with E-state index >= 15 is 0 Å². The zero-order valence-corrected chi connectivity index (χ0v) is 12.7. The van der Waals surface area contributed by atoms with Gasteiger partial charge < -0.3 is 4.74 Å². The van der Waals surface area contributed by atoms with E-state index < -0.39 is 0 Å². The smallest absolute Gasteiger partial charge is 0.118 e. The lowest BCUT2D eigenvalue weighted by molar-refractivity contribution is 0.414. The highest BCUT2D eigenvalue weighted by Gasteiger charge is 2.10. The van der Waals surface area contributed by atoms with E-state index in [0.717, 1.165) is 27.0 Å². The van der Waals surface area contributed by atoms with Gasteiger partial charge in [0.05, 0.1) is 13.2 Å². The number of hydrogen-bond acceptors (Lipinski definition) is 4. The zero-order valence-electron chi connectivity index (χ0n) is 11.2. The third kappa shape index (κ3) is 4.15. The number of benzene rings is 2. The Kier molecular flexibility index (Phi) is 5.73. The van der Waals surface area contributed by atoms with Crippen LogP contribution in [0.4, 0.5) is 0 Å². The molecule has 0 aromatic heterocycles. The van der Waals surface area contributed by atoms with Crippen molar-refractivity contribution in [2.24, 2.45) is 5.84 Å². The molecule has 0 amide bonds. The summed E-state index contributed by atoms with van der Waals surface area (Å²) >= 11 is 7.69. The minimum atomic E-state index is 0.0740. The van der Waals surface area contributed by atoms with Crippen LogP contribution < -0.4 is 16.0 Å². The molecule has 2 rings (SSSR count). The second kappa shape index (κ2) is 7.55. The molecule has 1 atom stereocenters. The molecular formula is C15H17ClN2OS. The summed E-state index contributed by atoms with van der Waals surface area (Å²) in [5.74, 6) is 7.31. The van der Waals surface area contributed by atoms with E-state index in [9.17, 15) is 0 Å². The van der Waals surface area contributed by atoms with Crippen molar-refractivity contribution in [2.75, 3.05) is 12.9 Å².